The second kappa shape index (κ2) is 10.9. The van der Waals surface area contributed by atoms with Gasteiger partial charge < -0.3 is 19.9 Å². The molecule has 3 amide bonds. The summed E-state index contributed by atoms with van der Waals surface area (Å²) in [6.45, 7) is 2.06. The molecule has 1 N–H and O–H groups in total. The van der Waals surface area contributed by atoms with E-state index in [9.17, 15) is 18.8 Å². The van der Waals surface area contributed by atoms with Crippen molar-refractivity contribution in [1.82, 2.24) is 15.1 Å². The molecule has 3 aliphatic rings. The lowest BCUT2D eigenvalue weighted by molar-refractivity contribution is -0.133. The Morgan fingerprint density at radius 2 is 1.66 bits per heavy atom. The monoisotopic (exact) mass is 481 g/mol. The van der Waals surface area contributed by atoms with Crippen LogP contribution in [-0.4, -0.2) is 67.4 Å². The third-order valence-electron chi connectivity index (χ3n) is 7.16. The van der Waals surface area contributed by atoms with E-state index in [-0.39, 0.29) is 24.3 Å². The van der Waals surface area contributed by atoms with E-state index in [1.54, 1.807) is 35.0 Å². The molecule has 0 aliphatic carbocycles. The number of hydrogen-bond acceptors (Lipinski definition) is 4. The number of halogens is 1. The third-order valence-corrected chi connectivity index (χ3v) is 7.16. The van der Waals surface area contributed by atoms with Gasteiger partial charge in [-0.1, -0.05) is 18.6 Å². The Kier molecular flexibility index (Phi) is 7.68. The van der Waals surface area contributed by atoms with Gasteiger partial charge in [-0.2, -0.15) is 0 Å². The van der Waals surface area contributed by atoms with Gasteiger partial charge in [0.25, 0.3) is 11.8 Å². The highest BCUT2D eigenvalue weighted by molar-refractivity contribution is 5.97. The number of piperidine rings is 1. The summed E-state index contributed by atoms with van der Waals surface area (Å²) in [6, 6.07) is 12.6. The molecule has 2 aromatic carbocycles. The Morgan fingerprint density at radius 1 is 0.943 bits per heavy atom. The number of ether oxygens (including phenoxy) is 1. The highest BCUT2D eigenvalue weighted by atomic mass is 19.1. The summed E-state index contributed by atoms with van der Waals surface area (Å²) in [5.74, 6) is -0.217. The molecule has 0 radical (unpaired) electrons. The third kappa shape index (κ3) is 5.47. The van der Waals surface area contributed by atoms with Gasteiger partial charge >= 0.3 is 0 Å². The fraction of sp³-hybridized carbons (Fsp3) is 0.444. The van der Waals surface area contributed by atoms with Crippen molar-refractivity contribution in [1.29, 1.82) is 0 Å². The maximum absolute atomic E-state index is 13.4. The van der Waals surface area contributed by atoms with Gasteiger partial charge in [0.1, 0.15) is 18.2 Å². The molecule has 0 unspecified atom stereocenters. The van der Waals surface area contributed by atoms with Crippen LogP contribution in [0.15, 0.2) is 48.5 Å². The minimum absolute atomic E-state index is 0.0110. The van der Waals surface area contributed by atoms with Gasteiger partial charge in [0.05, 0.1) is 17.5 Å². The highest BCUT2D eigenvalue weighted by Crippen LogP contribution is 2.38. The summed E-state index contributed by atoms with van der Waals surface area (Å²) in [7, 11) is 1.65. The summed E-state index contributed by atoms with van der Waals surface area (Å²) in [4.78, 5) is 42.9. The summed E-state index contributed by atoms with van der Waals surface area (Å²) >= 11 is 0. The maximum Gasteiger partial charge on any atom is 0.257 e. The van der Waals surface area contributed by atoms with Crippen molar-refractivity contribution >= 4 is 17.7 Å². The first-order chi connectivity index (χ1) is 16.9. The topological polar surface area (TPSA) is 79.0 Å². The van der Waals surface area contributed by atoms with Crippen LogP contribution < -0.4 is 10.1 Å². The molecule has 5 rings (SSSR count). The van der Waals surface area contributed by atoms with Gasteiger partial charge in [-0.15, -0.1) is 0 Å². The van der Waals surface area contributed by atoms with Crippen LogP contribution in [-0.2, 0) is 4.79 Å². The Labute approximate surface area is 205 Å². The fourth-order valence-electron chi connectivity index (χ4n) is 5.05. The van der Waals surface area contributed by atoms with E-state index < -0.39 is 11.2 Å². The zero-order valence-electron chi connectivity index (χ0n) is 20.1. The van der Waals surface area contributed by atoms with Gasteiger partial charge in [0, 0.05) is 32.2 Å². The Morgan fingerprint density at radius 3 is 2.37 bits per heavy atom. The fourth-order valence-corrected chi connectivity index (χ4v) is 5.05. The van der Waals surface area contributed by atoms with Crippen LogP contribution in [0.25, 0.3) is 0 Å². The van der Waals surface area contributed by atoms with Crippen molar-refractivity contribution in [3.05, 3.63) is 65.5 Å². The van der Waals surface area contributed by atoms with Crippen LogP contribution in [0.2, 0.25) is 0 Å². The normalized spacial score (nSPS) is 18.6. The molecule has 7 nitrogen and oxygen atoms in total. The lowest BCUT2D eigenvalue weighted by Crippen LogP contribution is -2.49. The second-order valence-electron chi connectivity index (χ2n) is 9.25. The standard InChI is InChI=1S/C27H32FN3O4/c1-29-26(34)27-12-4-5-15-30(24(32)20-8-10-21(28)11-9-20)18-19-35-23-7-3-2-6-22(23)25(33)31(16-13-27)17-14-27/h2-3,6-11H,4-5,12-19H2,1H3,(H,29,34). The Hall–Kier alpha value is -3.42. The van der Waals surface area contributed by atoms with E-state index in [2.05, 4.69) is 5.32 Å². The summed E-state index contributed by atoms with van der Waals surface area (Å²) < 4.78 is 19.4. The van der Waals surface area contributed by atoms with E-state index >= 15 is 0 Å². The van der Waals surface area contributed by atoms with Crippen LogP contribution in [0.4, 0.5) is 4.39 Å². The number of benzene rings is 2. The number of rotatable bonds is 2. The van der Waals surface area contributed by atoms with Crippen molar-refractivity contribution in [2.24, 2.45) is 5.41 Å². The molecule has 1 saturated heterocycles. The average molecular weight is 482 g/mol. The van der Waals surface area contributed by atoms with Gasteiger partial charge in [0.15, 0.2) is 0 Å². The molecular weight excluding hydrogens is 449 g/mol. The lowest BCUT2D eigenvalue weighted by atomic mass is 9.73. The SMILES string of the molecule is CNC(=O)C12CCCCN(C(=O)c3ccc(F)cc3)CCOc3ccccc3C(=O)N(CC1)CC2. The first kappa shape index (κ1) is 24.7. The zero-order valence-corrected chi connectivity index (χ0v) is 20.1. The number of hydrogen-bond donors (Lipinski definition) is 1. The van der Waals surface area contributed by atoms with Crippen LogP contribution >= 0.6 is 0 Å². The number of carbonyl (C=O) groups is 3. The van der Waals surface area contributed by atoms with Gasteiger partial charge in [-0.05, 0) is 62.1 Å². The molecule has 2 bridgehead atoms. The first-order valence-corrected chi connectivity index (χ1v) is 12.2. The molecule has 35 heavy (non-hydrogen) atoms. The van der Waals surface area contributed by atoms with Gasteiger partial charge in [-0.3, -0.25) is 14.4 Å². The molecule has 3 aliphatic heterocycles. The van der Waals surface area contributed by atoms with Gasteiger partial charge in [0.2, 0.25) is 5.91 Å². The highest BCUT2D eigenvalue weighted by Gasteiger charge is 2.41. The van der Waals surface area contributed by atoms with E-state index in [0.29, 0.717) is 62.3 Å². The van der Waals surface area contributed by atoms with Crippen LogP contribution in [0.5, 0.6) is 5.75 Å². The number of para-hydroxylation sites is 1. The Bertz CT molecular complexity index is 1060. The quantitative estimate of drug-likeness (QED) is 0.712. The van der Waals surface area contributed by atoms with Crippen molar-refractivity contribution in [3.63, 3.8) is 0 Å². The molecule has 8 heteroatoms. The predicted molar refractivity (Wildman–Crippen MR) is 130 cm³/mol. The zero-order chi connectivity index (χ0) is 24.8. The first-order valence-electron chi connectivity index (χ1n) is 12.2. The number of fused-ring (bicyclic) bond motifs is 9. The van der Waals surface area contributed by atoms with Crippen LogP contribution in [0, 0.1) is 11.2 Å². The van der Waals surface area contributed by atoms with E-state index in [4.69, 9.17) is 4.74 Å². The summed E-state index contributed by atoms with van der Waals surface area (Å²) in [5.41, 5.74) is 0.368. The molecule has 0 saturated carbocycles. The summed E-state index contributed by atoms with van der Waals surface area (Å²) in [6.07, 6.45) is 3.39. The number of carbonyl (C=O) groups excluding carboxylic acids is 3. The number of nitrogens with zero attached hydrogens (tertiary/aromatic N) is 2. The van der Waals surface area contributed by atoms with Crippen molar-refractivity contribution in [3.8, 4) is 5.75 Å². The van der Waals surface area contributed by atoms with Gasteiger partial charge in [-0.25, -0.2) is 4.39 Å². The average Bonchev–Trinajstić information content (AvgIpc) is 2.90. The minimum atomic E-state index is -0.520. The molecule has 186 valence electrons. The number of nitrogens with one attached hydrogen (secondary N) is 1. The second-order valence-corrected chi connectivity index (χ2v) is 9.25. The molecule has 0 atom stereocenters. The molecule has 0 aromatic heterocycles. The largest absolute Gasteiger partial charge is 0.491 e. The smallest absolute Gasteiger partial charge is 0.257 e. The van der Waals surface area contributed by atoms with Crippen LogP contribution in [0.1, 0.15) is 52.8 Å². The molecule has 1 fully saturated rings. The minimum Gasteiger partial charge on any atom is -0.491 e. The molecule has 3 heterocycles. The van der Waals surface area contributed by atoms with Crippen molar-refractivity contribution in [2.75, 3.05) is 39.8 Å². The van der Waals surface area contributed by atoms with Crippen molar-refractivity contribution < 1.29 is 23.5 Å². The van der Waals surface area contributed by atoms with E-state index in [1.165, 1.54) is 24.3 Å². The molecule has 0 spiro atoms. The van der Waals surface area contributed by atoms with E-state index in [1.807, 2.05) is 6.07 Å². The maximum atomic E-state index is 13.4. The number of amides is 3. The van der Waals surface area contributed by atoms with Crippen LogP contribution in [0.3, 0.4) is 0 Å². The lowest BCUT2D eigenvalue weighted by Gasteiger charge is -2.40. The molecule has 2 aromatic rings. The van der Waals surface area contributed by atoms with E-state index in [0.717, 1.165) is 12.8 Å². The summed E-state index contributed by atoms with van der Waals surface area (Å²) in [5, 5.41) is 2.82. The predicted octanol–water partition coefficient (Wildman–Crippen LogP) is 3.50. The molecular formula is C27H32FN3O4. The Balaban J connectivity index is 1.60. The van der Waals surface area contributed by atoms with Crippen molar-refractivity contribution in [2.45, 2.75) is 32.1 Å².